The largest absolute Gasteiger partial charge is 0.356 e. The molecule has 0 spiro atoms. The number of nitrogens with zero attached hydrogens (tertiary/aromatic N) is 2. The summed E-state index contributed by atoms with van der Waals surface area (Å²) in [5, 5.41) is 9.00. The van der Waals surface area contributed by atoms with E-state index in [0.717, 1.165) is 46.8 Å². The van der Waals surface area contributed by atoms with Gasteiger partial charge in [0.1, 0.15) is 0 Å². The van der Waals surface area contributed by atoms with Crippen LogP contribution in [-0.2, 0) is 4.79 Å². The molecule has 2 aromatic heterocycles. The van der Waals surface area contributed by atoms with Crippen molar-refractivity contribution < 1.29 is 4.79 Å². The molecule has 0 saturated heterocycles. The van der Waals surface area contributed by atoms with Crippen molar-refractivity contribution in [3.63, 3.8) is 0 Å². The third kappa shape index (κ3) is 4.46. The zero-order valence-corrected chi connectivity index (χ0v) is 19.9. The SMILES string of the molecule is CCC1=Cc2c(cnn2-c2ccc(C)cc2)C(C(=O)NC(CC)c2c[nH]c(SC)c2)=CC1. The van der Waals surface area contributed by atoms with Gasteiger partial charge in [-0.25, -0.2) is 4.68 Å². The summed E-state index contributed by atoms with van der Waals surface area (Å²) in [6.07, 6.45) is 12.6. The molecule has 4 rings (SSSR count). The van der Waals surface area contributed by atoms with E-state index in [2.05, 4.69) is 78.7 Å². The number of thioether (sulfide) groups is 1. The van der Waals surface area contributed by atoms with E-state index >= 15 is 0 Å². The molecular formula is C26H30N4OS. The lowest BCUT2D eigenvalue weighted by Gasteiger charge is -2.17. The summed E-state index contributed by atoms with van der Waals surface area (Å²) < 4.78 is 1.94. The fraction of sp³-hybridized carbons (Fsp3) is 0.308. The fourth-order valence-corrected chi connectivity index (χ4v) is 4.45. The van der Waals surface area contributed by atoms with Gasteiger partial charge in [0.15, 0.2) is 0 Å². The van der Waals surface area contributed by atoms with E-state index in [1.807, 2.05) is 23.3 Å². The molecule has 1 aromatic carbocycles. The van der Waals surface area contributed by atoms with Crippen molar-refractivity contribution in [1.82, 2.24) is 20.1 Å². The van der Waals surface area contributed by atoms with Crippen molar-refractivity contribution in [2.45, 2.75) is 51.1 Å². The zero-order chi connectivity index (χ0) is 22.7. The second-order valence-corrected chi connectivity index (χ2v) is 8.95. The number of H-pyrrole nitrogens is 1. The molecule has 0 saturated carbocycles. The summed E-state index contributed by atoms with van der Waals surface area (Å²) in [4.78, 5) is 16.7. The predicted octanol–water partition coefficient (Wildman–Crippen LogP) is 6.08. The summed E-state index contributed by atoms with van der Waals surface area (Å²) in [6, 6.07) is 10.4. The summed E-state index contributed by atoms with van der Waals surface area (Å²) in [7, 11) is 0. The Kier molecular flexibility index (Phi) is 6.70. The van der Waals surface area contributed by atoms with Gasteiger partial charge in [0.05, 0.1) is 28.6 Å². The molecule has 1 aliphatic carbocycles. The predicted molar refractivity (Wildman–Crippen MR) is 133 cm³/mol. The van der Waals surface area contributed by atoms with Crippen LogP contribution in [0.5, 0.6) is 0 Å². The quantitative estimate of drug-likeness (QED) is 0.432. The first-order valence-electron chi connectivity index (χ1n) is 11.1. The third-order valence-electron chi connectivity index (χ3n) is 6.00. The highest BCUT2D eigenvalue weighted by Gasteiger charge is 2.24. The topological polar surface area (TPSA) is 62.7 Å². The Morgan fingerprint density at radius 3 is 2.72 bits per heavy atom. The van der Waals surface area contributed by atoms with Gasteiger partial charge in [-0.15, -0.1) is 11.8 Å². The molecule has 0 bridgehead atoms. The number of nitrogens with one attached hydrogen (secondary N) is 2. The molecule has 1 amide bonds. The summed E-state index contributed by atoms with van der Waals surface area (Å²) in [6.45, 7) is 6.32. The Morgan fingerprint density at radius 1 is 1.28 bits per heavy atom. The first kappa shape index (κ1) is 22.2. The average Bonchev–Trinajstić information content (AvgIpc) is 3.40. The van der Waals surface area contributed by atoms with Crippen molar-refractivity contribution >= 4 is 29.3 Å². The van der Waals surface area contributed by atoms with E-state index in [1.54, 1.807) is 11.8 Å². The molecular weight excluding hydrogens is 416 g/mol. The zero-order valence-electron chi connectivity index (χ0n) is 19.1. The van der Waals surface area contributed by atoms with Crippen LogP contribution in [0.4, 0.5) is 0 Å². The van der Waals surface area contributed by atoms with Crippen LogP contribution in [0, 0.1) is 6.92 Å². The Balaban J connectivity index is 1.68. The molecule has 32 heavy (non-hydrogen) atoms. The maximum atomic E-state index is 13.5. The van der Waals surface area contributed by atoms with Crippen LogP contribution < -0.4 is 5.32 Å². The fourth-order valence-electron chi connectivity index (χ4n) is 4.02. The Morgan fingerprint density at radius 2 is 2.06 bits per heavy atom. The third-order valence-corrected chi connectivity index (χ3v) is 6.67. The van der Waals surface area contributed by atoms with Crippen LogP contribution in [0.25, 0.3) is 17.3 Å². The minimum absolute atomic E-state index is 0.0435. The van der Waals surface area contributed by atoms with E-state index in [9.17, 15) is 4.79 Å². The Labute approximate surface area is 194 Å². The van der Waals surface area contributed by atoms with Gasteiger partial charge in [-0.05, 0) is 62.3 Å². The monoisotopic (exact) mass is 446 g/mol. The van der Waals surface area contributed by atoms with Crippen molar-refractivity contribution in [2.24, 2.45) is 0 Å². The molecule has 0 aliphatic heterocycles. The maximum absolute atomic E-state index is 13.5. The molecule has 1 atom stereocenters. The highest BCUT2D eigenvalue weighted by Crippen LogP contribution is 2.31. The maximum Gasteiger partial charge on any atom is 0.252 e. The number of aryl methyl sites for hydroxylation is 1. The molecule has 0 radical (unpaired) electrons. The normalized spacial score (nSPS) is 14.2. The second kappa shape index (κ2) is 9.65. The van der Waals surface area contributed by atoms with Crippen molar-refractivity contribution in [2.75, 3.05) is 6.26 Å². The number of rotatable bonds is 7. The number of aromatic nitrogens is 3. The van der Waals surface area contributed by atoms with Crippen molar-refractivity contribution in [3.8, 4) is 5.69 Å². The number of carbonyl (C=O) groups excluding carboxylic acids is 1. The number of hydrogen-bond donors (Lipinski definition) is 2. The number of aromatic amines is 1. The lowest BCUT2D eigenvalue weighted by Crippen LogP contribution is -2.28. The molecule has 2 N–H and O–H groups in total. The first-order valence-corrected chi connectivity index (χ1v) is 12.3. The average molecular weight is 447 g/mol. The molecule has 166 valence electrons. The molecule has 3 aromatic rings. The summed E-state index contributed by atoms with van der Waals surface area (Å²) in [5.74, 6) is -0.0563. The molecule has 0 fully saturated rings. The highest BCUT2D eigenvalue weighted by molar-refractivity contribution is 7.98. The number of amides is 1. The van der Waals surface area contributed by atoms with Crippen LogP contribution in [-0.4, -0.2) is 26.9 Å². The smallest absolute Gasteiger partial charge is 0.252 e. The van der Waals surface area contributed by atoms with Gasteiger partial charge in [-0.3, -0.25) is 4.79 Å². The van der Waals surface area contributed by atoms with Gasteiger partial charge >= 0.3 is 0 Å². The molecule has 1 unspecified atom stereocenters. The molecule has 2 heterocycles. The number of carbonyl (C=O) groups is 1. The summed E-state index contributed by atoms with van der Waals surface area (Å²) in [5.41, 5.74) is 7.11. The van der Waals surface area contributed by atoms with Gasteiger partial charge in [0.2, 0.25) is 0 Å². The molecule has 5 nitrogen and oxygen atoms in total. The van der Waals surface area contributed by atoms with Gasteiger partial charge in [0, 0.05) is 17.3 Å². The number of hydrogen-bond acceptors (Lipinski definition) is 3. The Bertz CT molecular complexity index is 1170. The first-order chi connectivity index (χ1) is 15.5. The summed E-state index contributed by atoms with van der Waals surface area (Å²) >= 11 is 1.66. The number of benzene rings is 1. The van der Waals surface area contributed by atoms with Crippen LogP contribution in [0.15, 0.2) is 59.4 Å². The lowest BCUT2D eigenvalue weighted by molar-refractivity contribution is -0.116. The van der Waals surface area contributed by atoms with Gasteiger partial charge < -0.3 is 10.3 Å². The van der Waals surface area contributed by atoms with E-state index < -0.39 is 0 Å². The number of allylic oxidation sites excluding steroid dienone is 2. The van der Waals surface area contributed by atoms with Crippen LogP contribution >= 0.6 is 11.8 Å². The van der Waals surface area contributed by atoms with Crippen molar-refractivity contribution in [1.29, 1.82) is 0 Å². The standard InChI is InChI=1S/C26H30N4OS/c1-5-18-9-12-21(26(31)29-23(6-2)19-14-25(32-4)27-15-19)22-16-28-30(24(22)13-18)20-10-7-17(3)8-11-20/h7-8,10-16,23,27H,5-6,9H2,1-4H3,(H,29,31). The minimum atomic E-state index is -0.0563. The van der Waals surface area contributed by atoms with Gasteiger partial charge in [-0.1, -0.05) is 43.2 Å². The number of fused-ring (bicyclic) bond motifs is 1. The molecule has 6 heteroatoms. The van der Waals surface area contributed by atoms with E-state index in [1.165, 1.54) is 11.1 Å². The van der Waals surface area contributed by atoms with Crippen LogP contribution in [0.1, 0.15) is 61.5 Å². The second-order valence-electron chi connectivity index (χ2n) is 8.10. The van der Waals surface area contributed by atoms with Gasteiger partial charge in [-0.2, -0.15) is 5.10 Å². The van der Waals surface area contributed by atoms with Crippen molar-refractivity contribution in [3.05, 3.63) is 76.8 Å². The van der Waals surface area contributed by atoms with Gasteiger partial charge in [0.25, 0.3) is 5.91 Å². The van der Waals surface area contributed by atoms with Crippen LogP contribution in [0.3, 0.4) is 0 Å². The minimum Gasteiger partial charge on any atom is -0.356 e. The van der Waals surface area contributed by atoms with E-state index in [4.69, 9.17) is 0 Å². The Hall–Kier alpha value is -2.99. The van der Waals surface area contributed by atoms with E-state index in [0.29, 0.717) is 5.57 Å². The van der Waals surface area contributed by atoms with E-state index in [-0.39, 0.29) is 11.9 Å². The lowest BCUT2D eigenvalue weighted by atomic mass is 10.0. The molecule has 1 aliphatic rings. The highest BCUT2D eigenvalue weighted by atomic mass is 32.2. The van der Waals surface area contributed by atoms with Crippen LogP contribution in [0.2, 0.25) is 0 Å².